The molecular weight excluding hydrogens is 210 g/mol. The summed E-state index contributed by atoms with van der Waals surface area (Å²) < 4.78 is 2.07. The number of nitrogens with zero attached hydrogens (tertiary/aromatic N) is 3. The summed E-state index contributed by atoms with van der Waals surface area (Å²) >= 11 is 0. The van der Waals surface area contributed by atoms with E-state index in [9.17, 15) is 0 Å². The molecule has 2 aromatic heterocycles. The second kappa shape index (κ2) is 3.56. The summed E-state index contributed by atoms with van der Waals surface area (Å²) in [5.41, 5.74) is 2.33. The predicted octanol–water partition coefficient (Wildman–Crippen LogP) is 3.48. The van der Waals surface area contributed by atoms with E-state index in [4.69, 9.17) is 0 Å². The third-order valence-corrected chi connectivity index (χ3v) is 2.84. The first-order valence-electron chi connectivity index (χ1n) is 6.05. The van der Waals surface area contributed by atoms with Crippen molar-refractivity contribution < 1.29 is 0 Å². The van der Waals surface area contributed by atoms with Crippen molar-refractivity contribution in [1.29, 1.82) is 0 Å². The fourth-order valence-electron chi connectivity index (χ4n) is 2.08. The maximum Gasteiger partial charge on any atom is 0.0722 e. The molecule has 0 spiro atoms. The molecule has 2 aromatic rings. The Labute approximate surface area is 103 Å². The van der Waals surface area contributed by atoms with Crippen LogP contribution in [-0.4, -0.2) is 14.8 Å². The highest BCUT2D eigenvalue weighted by atomic mass is 15.3. The Hall–Kier alpha value is -1.38. The molecule has 0 radical (unpaired) electrons. The van der Waals surface area contributed by atoms with Gasteiger partial charge in [-0.25, -0.2) is 0 Å². The van der Waals surface area contributed by atoms with Crippen LogP contribution in [0.15, 0.2) is 18.5 Å². The average molecular weight is 231 g/mol. The van der Waals surface area contributed by atoms with Crippen LogP contribution in [0.5, 0.6) is 0 Å². The van der Waals surface area contributed by atoms with Gasteiger partial charge in [-0.15, -0.1) is 0 Å². The zero-order valence-corrected chi connectivity index (χ0v) is 11.6. The minimum atomic E-state index is -0.00173. The number of hydrogen-bond acceptors (Lipinski definition) is 2. The number of aromatic nitrogens is 3. The van der Waals surface area contributed by atoms with Crippen molar-refractivity contribution in [1.82, 2.24) is 14.8 Å². The maximum absolute atomic E-state index is 4.52. The van der Waals surface area contributed by atoms with E-state index in [1.54, 1.807) is 0 Å². The minimum Gasteiger partial charge on any atom is -0.260 e. The van der Waals surface area contributed by atoms with Gasteiger partial charge in [-0.3, -0.25) is 9.67 Å². The minimum absolute atomic E-state index is 0.00173. The van der Waals surface area contributed by atoms with Gasteiger partial charge in [0.2, 0.25) is 0 Å². The van der Waals surface area contributed by atoms with E-state index in [0.29, 0.717) is 0 Å². The van der Waals surface area contributed by atoms with Gasteiger partial charge in [-0.2, -0.15) is 5.10 Å². The summed E-state index contributed by atoms with van der Waals surface area (Å²) in [5, 5.41) is 5.68. The van der Waals surface area contributed by atoms with Gasteiger partial charge < -0.3 is 0 Å². The van der Waals surface area contributed by atoms with Crippen LogP contribution < -0.4 is 0 Å². The van der Waals surface area contributed by atoms with E-state index in [1.807, 2.05) is 18.5 Å². The standard InChI is InChI=1S/C14H21N3/c1-13(2,3)12-10-9-16-17(14(4,5)6)11(10)7-8-15-12/h7-9H,1-6H3. The van der Waals surface area contributed by atoms with Gasteiger partial charge in [-0.1, -0.05) is 20.8 Å². The largest absolute Gasteiger partial charge is 0.260 e. The summed E-state index contributed by atoms with van der Waals surface area (Å²) in [4.78, 5) is 4.52. The molecule has 0 amide bonds. The van der Waals surface area contributed by atoms with E-state index in [-0.39, 0.29) is 11.0 Å². The lowest BCUT2D eigenvalue weighted by Gasteiger charge is -2.22. The molecule has 3 nitrogen and oxygen atoms in total. The summed E-state index contributed by atoms with van der Waals surface area (Å²) in [6.45, 7) is 13.0. The molecule has 0 saturated heterocycles. The summed E-state index contributed by atoms with van der Waals surface area (Å²) in [5.74, 6) is 0. The molecule has 0 aromatic carbocycles. The lowest BCUT2D eigenvalue weighted by atomic mass is 9.89. The lowest BCUT2D eigenvalue weighted by molar-refractivity contribution is 0.368. The van der Waals surface area contributed by atoms with Crippen LogP contribution in [0.1, 0.15) is 47.2 Å². The van der Waals surface area contributed by atoms with Crippen LogP contribution in [-0.2, 0) is 11.0 Å². The molecule has 0 fully saturated rings. The first kappa shape index (κ1) is 12.1. The molecule has 0 saturated carbocycles. The van der Waals surface area contributed by atoms with Crippen molar-refractivity contribution >= 4 is 10.9 Å². The highest BCUT2D eigenvalue weighted by molar-refractivity contribution is 5.81. The van der Waals surface area contributed by atoms with E-state index in [2.05, 4.69) is 56.3 Å². The van der Waals surface area contributed by atoms with Crippen LogP contribution in [0.2, 0.25) is 0 Å². The van der Waals surface area contributed by atoms with Gasteiger partial charge in [0.1, 0.15) is 0 Å². The first-order chi connectivity index (χ1) is 7.71. The number of hydrogen-bond donors (Lipinski definition) is 0. The molecule has 3 heteroatoms. The second-order valence-electron chi connectivity index (χ2n) is 6.57. The first-order valence-corrected chi connectivity index (χ1v) is 6.05. The molecule has 2 heterocycles. The van der Waals surface area contributed by atoms with Gasteiger partial charge in [0.15, 0.2) is 0 Å². The molecule has 0 unspecified atom stereocenters. The number of rotatable bonds is 0. The number of fused-ring (bicyclic) bond motifs is 1. The van der Waals surface area contributed by atoms with E-state index in [1.165, 1.54) is 0 Å². The van der Waals surface area contributed by atoms with Crippen molar-refractivity contribution in [2.75, 3.05) is 0 Å². The molecule has 0 aliphatic carbocycles. The van der Waals surface area contributed by atoms with Gasteiger partial charge in [0.05, 0.1) is 22.9 Å². The molecule has 2 rings (SSSR count). The van der Waals surface area contributed by atoms with Gasteiger partial charge in [0.25, 0.3) is 0 Å². The Bertz CT molecular complexity index is 539. The van der Waals surface area contributed by atoms with Gasteiger partial charge >= 0.3 is 0 Å². The van der Waals surface area contributed by atoms with Crippen LogP contribution >= 0.6 is 0 Å². The third-order valence-electron chi connectivity index (χ3n) is 2.84. The fourth-order valence-corrected chi connectivity index (χ4v) is 2.08. The van der Waals surface area contributed by atoms with Gasteiger partial charge in [0, 0.05) is 17.0 Å². The molecule has 0 bridgehead atoms. The van der Waals surface area contributed by atoms with Crippen molar-refractivity contribution in [3.8, 4) is 0 Å². The lowest BCUT2D eigenvalue weighted by Crippen LogP contribution is -2.23. The molecule has 0 N–H and O–H groups in total. The Balaban J connectivity index is 2.74. The van der Waals surface area contributed by atoms with Crippen LogP contribution in [0.3, 0.4) is 0 Å². The third kappa shape index (κ3) is 2.06. The van der Waals surface area contributed by atoms with Crippen LogP contribution in [0, 0.1) is 0 Å². The van der Waals surface area contributed by atoms with Gasteiger partial charge in [-0.05, 0) is 26.8 Å². The molecular formula is C14H21N3. The van der Waals surface area contributed by atoms with Crippen molar-refractivity contribution in [3.63, 3.8) is 0 Å². The maximum atomic E-state index is 4.52. The molecule has 0 aliphatic heterocycles. The highest BCUT2D eigenvalue weighted by Gasteiger charge is 2.23. The molecule has 17 heavy (non-hydrogen) atoms. The van der Waals surface area contributed by atoms with Crippen molar-refractivity contribution in [3.05, 3.63) is 24.2 Å². The zero-order chi connectivity index (χ0) is 12.8. The quantitative estimate of drug-likeness (QED) is 0.695. The number of pyridine rings is 1. The van der Waals surface area contributed by atoms with Crippen LogP contribution in [0.25, 0.3) is 10.9 Å². The molecule has 0 aliphatic rings. The van der Waals surface area contributed by atoms with E-state index >= 15 is 0 Å². The average Bonchev–Trinajstić information content (AvgIpc) is 2.57. The van der Waals surface area contributed by atoms with E-state index in [0.717, 1.165) is 16.6 Å². The highest BCUT2D eigenvalue weighted by Crippen LogP contribution is 2.29. The van der Waals surface area contributed by atoms with Crippen molar-refractivity contribution in [2.24, 2.45) is 0 Å². The van der Waals surface area contributed by atoms with E-state index < -0.39 is 0 Å². The Morgan fingerprint density at radius 3 is 2.24 bits per heavy atom. The Kier molecular flexibility index (Phi) is 2.53. The summed E-state index contributed by atoms with van der Waals surface area (Å²) in [6, 6.07) is 2.04. The zero-order valence-electron chi connectivity index (χ0n) is 11.6. The van der Waals surface area contributed by atoms with Crippen LogP contribution in [0.4, 0.5) is 0 Å². The monoisotopic (exact) mass is 231 g/mol. The summed E-state index contributed by atoms with van der Waals surface area (Å²) in [6.07, 6.45) is 3.82. The second-order valence-corrected chi connectivity index (χ2v) is 6.57. The normalized spacial score (nSPS) is 13.3. The Morgan fingerprint density at radius 1 is 1.06 bits per heavy atom. The predicted molar refractivity (Wildman–Crippen MR) is 71.2 cm³/mol. The fraction of sp³-hybridized carbons (Fsp3) is 0.571. The topological polar surface area (TPSA) is 30.7 Å². The molecule has 92 valence electrons. The smallest absolute Gasteiger partial charge is 0.0722 e. The van der Waals surface area contributed by atoms with Crippen molar-refractivity contribution in [2.45, 2.75) is 52.5 Å². The summed E-state index contributed by atoms with van der Waals surface area (Å²) in [7, 11) is 0. The Morgan fingerprint density at radius 2 is 1.71 bits per heavy atom. The SMILES string of the molecule is CC(C)(C)c1nccc2c1cnn2C(C)(C)C. The molecule has 0 atom stereocenters.